The molecule has 2 nitrogen and oxygen atoms in total. The van der Waals surface area contributed by atoms with Gasteiger partial charge >= 0.3 is 145 Å². The fourth-order valence-corrected chi connectivity index (χ4v) is 7.50. The molecule has 0 radical (unpaired) electrons. The molecule has 1 heterocycles. The molecular formula is C17H15F4IO2. The maximum atomic E-state index is 14.7. The summed E-state index contributed by atoms with van der Waals surface area (Å²) in [5.74, 6) is -0.315. The van der Waals surface area contributed by atoms with E-state index >= 15 is 0 Å². The summed E-state index contributed by atoms with van der Waals surface area (Å²) in [6, 6.07) is 13.2. The van der Waals surface area contributed by atoms with E-state index in [1.165, 1.54) is 30.3 Å². The maximum absolute atomic E-state index is 14.7. The number of para-hydroxylation sites is 1. The molecule has 1 aliphatic heterocycles. The third-order valence-electron chi connectivity index (χ3n) is 3.51. The molecule has 0 saturated heterocycles. The molecule has 1 aliphatic rings. The number of hydrogen-bond acceptors (Lipinski definition) is 2. The second-order valence-corrected chi connectivity index (χ2v) is 10.1. The molecule has 0 fully saturated rings. The van der Waals surface area contributed by atoms with Gasteiger partial charge in [0.1, 0.15) is 0 Å². The SMILES string of the molecule is CC1(C)OI(C(F)(F)C(F)(F)Oc2ccccc2)c2ccccc21. The van der Waals surface area contributed by atoms with Crippen molar-refractivity contribution in [2.24, 2.45) is 0 Å². The van der Waals surface area contributed by atoms with E-state index in [0.29, 0.717) is 5.56 Å². The molecule has 0 amide bonds. The molecule has 7 heteroatoms. The first-order chi connectivity index (χ1) is 11.2. The Bertz CT molecular complexity index is 734. The van der Waals surface area contributed by atoms with Crippen LogP contribution < -0.4 is 4.74 Å². The molecule has 3 rings (SSSR count). The van der Waals surface area contributed by atoms with Crippen molar-refractivity contribution in [2.75, 3.05) is 0 Å². The molecular weight excluding hydrogens is 439 g/mol. The third kappa shape index (κ3) is 2.88. The monoisotopic (exact) mass is 454 g/mol. The molecule has 0 saturated carbocycles. The molecule has 2 aromatic carbocycles. The molecule has 0 spiro atoms. The fraction of sp³-hybridized carbons (Fsp3) is 0.294. The first-order valence-corrected chi connectivity index (χ1v) is 10.2. The van der Waals surface area contributed by atoms with Crippen molar-refractivity contribution < 1.29 is 25.4 Å². The zero-order valence-electron chi connectivity index (χ0n) is 12.9. The van der Waals surface area contributed by atoms with Gasteiger partial charge in [-0.25, -0.2) is 0 Å². The number of ether oxygens (including phenoxy) is 1. The van der Waals surface area contributed by atoms with E-state index in [9.17, 15) is 17.6 Å². The van der Waals surface area contributed by atoms with Crippen LogP contribution in [0.3, 0.4) is 0 Å². The summed E-state index contributed by atoms with van der Waals surface area (Å²) >= 11 is -4.00. The summed E-state index contributed by atoms with van der Waals surface area (Å²) < 4.78 is 63.5. The first-order valence-electron chi connectivity index (χ1n) is 7.14. The predicted molar refractivity (Wildman–Crippen MR) is 90.2 cm³/mol. The van der Waals surface area contributed by atoms with Gasteiger partial charge in [-0.15, -0.1) is 0 Å². The van der Waals surface area contributed by atoms with Crippen molar-refractivity contribution in [3.05, 3.63) is 63.7 Å². The molecule has 0 bridgehead atoms. The molecule has 130 valence electrons. The number of hydrogen-bond donors (Lipinski definition) is 0. The van der Waals surface area contributed by atoms with Crippen LogP contribution in [0.25, 0.3) is 0 Å². The minimum absolute atomic E-state index is 0.202. The van der Waals surface area contributed by atoms with Gasteiger partial charge in [0.15, 0.2) is 0 Å². The van der Waals surface area contributed by atoms with E-state index in [1.54, 1.807) is 38.1 Å². The number of benzene rings is 2. The van der Waals surface area contributed by atoms with Gasteiger partial charge in [0.2, 0.25) is 0 Å². The third-order valence-corrected chi connectivity index (χ3v) is 8.91. The molecule has 0 atom stereocenters. The fourth-order valence-electron chi connectivity index (χ4n) is 2.35. The number of halogens is 5. The minimum atomic E-state index is -4.66. The molecule has 2 aromatic rings. The summed E-state index contributed by atoms with van der Waals surface area (Å²) in [6.45, 7) is 3.21. The topological polar surface area (TPSA) is 18.5 Å². The van der Waals surface area contributed by atoms with Crippen LogP contribution in [0.2, 0.25) is 0 Å². The van der Waals surface area contributed by atoms with Crippen molar-refractivity contribution in [1.82, 2.24) is 0 Å². The van der Waals surface area contributed by atoms with Gasteiger partial charge in [-0.3, -0.25) is 0 Å². The summed E-state index contributed by atoms with van der Waals surface area (Å²) in [5, 5.41) is 0. The van der Waals surface area contributed by atoms with E-state index < -0.39 is 35.9 Å². The van der Waals surface area contributed by atoms with Crippen LogP contribution >= 0.6 is 20.2 Å². The van der Waals surface area contributed by atoms with Crippen molar-refractivity contribution in [3.8, 4) is 5.75 Å². The Kier molecular flexibility index (Phi) is 4.28. The van der Waals surface area contributed by atoms with Crippen LogP contribution in [0.4, 0.5) is 17.6 Å². The van der Waals surface area contributed by atoms with E-state index in [0.717, 1.165) is 0 Å². The zero-order chi connectivity index (χ0) is 17.6. The summed E-state index contributed by atoms with van der Waals surface area (Å²) in [5.41, 5.74) is -0.487. The average molecular weight is 454 g/mol. The van der Waals surface area contributed by atoms with Gasteiger partial charge in [-0.1, -0.05) is 0 Å². The Morgan fingerprint density at radius 2 is 1.50 bits per heavy atom. The van der Waals surface area contributed by atoms with Gasteiger partial charge < -0.3 is 0 Å². The Balaban J connectivity index is 1.96. The van der Waals surface area contributed by atoms with Crippen LogP contribution in [-0.4, -0.2) is 10.0 Å². The van der Waals surface area contributed by atoms with Crippen LogP contribution in [0.5, 0.6) is 5.75 Å². The molecule has 0 aliphatic carbocycles. The predicted octanol–water partition coefficient (Wildman–Crippen LogP) is 5.81. The number of fused-ring (bicyclic) bond motifs is 1. The molecule has 0 unspecified atom stereocenters. The summed E-state index contributed by atoms with van der Waals surface area (Å²) in [4.78, 5) is 0. The van der Waals surface area contributed by atoms with E-state index in [1.807, 2.05) is 0 Å². The van der Waals surface area contributed by atoms with Crippen molar-refractivity contribution in [2.45, 2.75) is 29.5 Å². The standard InChI is InChI=1S/C17H15F4IO2/c1-15(2)13-10-6-7-11-14(13)22(24-15)16(18,19)17(20,21)23-12-8-4-3-5-9-12/h3-11H,1-2H3. The summed E-state index contributed by atoms with van der Waals surface area (Å²) in [7, 11) is 0. The van der Waals surface area contributed by atoms with Crippen molar-refractivity contribution in [3.63, 3.8) is 0 Å². The molecule has 0 aromatic heterocycles. The Morgan fingerprint density at radius 3 is 2.17 bits per heavy atom. The molecule has 24 heavy (non-hydrogen) atoms. The normalized spacial score (nSPS) is 18.3. The Hall–Kier alpha value is -1.35. The van der Waals surface area contributed by atoms with Gasteiger partial charge in [0.25, 0.3) is 0 Å². The van der Waals surface area contributed by atoms with Crippen LogP contribution in [-0.2, 0) is 8.67 Å². The van der Waals surface area contributed by atoms with Crippen molar-refractivity contribution >= 4 is 20.2 Å². The Labute approximate surface area is 144 Å². The quantitative estimate of drug-likeness (QED) is 0.330. The van der Waals surface area contributed by atoms with Gasteiger partial charge in [0.05, 0.1) is 0 Å². The van der Waals surface area contributed by atoms with Crippen molar-refractivity contribution in [1.29, 1.82) is 0 Å². The second kappa shape index (κ2) is 5.87. The van der Waals surface area contributed by atoms with E-state index in [2.05, 4.69) is 4.74 Å². The zero-order valence-corrected chi connectivity index (χ0v) is 15.1. The second-order valence-electron chi connectivity index (χ2n) is 5.75. The number of alkyl halides is 5. The average Bonchev–Trinajstić information content (AvgIpc) is 2.80. The van der Waals surface area contributed by atoms with E-state index in [4.69, 9.17) is 3.07 Å². The molecule has 0 N–H and O–H groups in total. The van der Waals surface area contributed by atoms with Crippen LogP contribution in [0, 0.1) is 3.57 Å². The van der Waals surface area contributed by atoms with E-state index in [-0.39, 0.29) is 9.32 Å². The van der Waals surface area contributed by atoms with Gasteiger partial charge in [-0.2, -0.15) is 0 Å². The Morgan fingerprint density at radius 1 is 0.917 bits per heavy atom. The first kappa shape index (κ1) is 17.5. The van der Waals surface area contributed by atoms with Crippen LogP contribution in [0.15, 0.2) is 54.6 Å². The van der Waals surface area contributed by atoms with Gasteiger partial charge in [0, 0.05) is 0 Å². The van der Waals surface area contributed by atoms with Gasteiger partial charge in [-0.05, 0) is 0 Å². The van der Waals surface area contributed by atoms with Crippen LogP contribution in [0.1, 0.15) is 19.4 Å². The summed E-state index contributed by atoms with van der Waals surface area (Å²) in [6.07, 6.45) is -4.66. The number of rotatable bonds is 4.